The third kappa shape index (κ3) is 5.07. The van der Waals surface area contributed by atoms with Crippen LogP contribution in [-0.2, 0) is 19.1 Å². The highest BCUT2D eigenvalue weighted by molar-refractivity contribution is 6.10. The molecule has 2 fully saturated rings. The molecular weight excluding hydrogens is 390 g/mol. The molecular formula is C26H33NO4. The summed E-state index contributed by atoms with van der Waals surface area (Å²) in [4.78, 5) is 40.7. The van der Waals surface area contributed by atoms with E-state index in [1.807, 2.05) is 37.8 Å². The van der Waals surface area contributed by atoms with E-state index in [0.29, 0.717) is 58.4 Å². The first kappa shape index (κ1) is 23.2. The van der Waals surface area contributed by atoms with Crippen LogP contribution in [0.25, 0.3) is 0 Å². The number of likely N-dealkylation sites (tertiary alicyclic amines) is 1. The molecule has 1 aromatic rings. The zero-order valence-electron chi connectivity index (χ0n) is 19.2. The van der Waals surface area contributed by atoms with Gasteiger partial charge in [0.2, 0.25) is 5.91 Å². The Morgan fingerprint density at radius 2 is 1.71 bits per heavy atom. The van der Waals surface area contributed by atoms with E-state index in [9.17, 15) is 14.4 Å². The Bertz CT molecular complexity index is 885. The number of carbonyl (C=O) groups excluding carboxylic acids is 3. The van der Waals surface area contributed by atoms with Crippen molar-refractivity contribution >= 4 is 17.5 Å². The highest BCUT2D eigenvalue weighted by Crippen LogP contribution is 2.46. The quantitative estimate of drug-likeness (QED) is 0.411. The van der Waals surface area contributed by atoms with Crippen LogP contribution in [0.3, 0.4) is 0 Å². The van der Waals surface area contributed by atoms with Gasteiger partial charge in [-0.2, -0.15) is 0 Å². The fourth-order valence-corrected chi connectivity index (χ4v) is 5.20. The predicted molar refractivity (Wildman–Crippen MR) is 120 cm³/mol. The van der Waals surface area contributed by atoms with Crippen molar-refractivity contribution in [1.29, 1.82) is 0 Å². The Labute approximate surface area is 185 Å². The van der Waals surface area contributed by atoms with Gasteiger partial charge in [0.15, 0.2) is 0 Å². The number of ketones is 2. The molecule has 1 saturated heterocycles. The van der Waals surface area contributed by atoms with Crippen molar-refractivity contribution in [2.45, 2.75) is 65.7 Å². The highest BCUT2D eigenvalue weighted by atomic mass is 16.5. The minimum absolute atomic E-state index is 0.0212. The minimum Gasteiger partial charge on any atom is -0.381 e. The Hall–Kier alpha value is -2.45. The lowest BCUT2D eigenvalue weighted by Crippen LogP contribution is -2.48. The summed E-state index contributed by atoms with van der Waals surface area (Å²) in [6.45, 7) is 9.89. The highest BCUT2D eigenvalue weighted by Gasteiger charge is 2.47. The van der Waals surface area contributed by atoms with Gasteiger partial charge in [0.05, 0.1) is 13.0 Å². The first-order valence-corrected chi connectivity index (χ1v) is 11.2. The van der Waals surface area contributed by atoms with Gasteiger partial charge in [-0.05, 0) is 74.8 Å². The van der Waals surface area contributed by atoms with Crippen molar-refractivity contribution in [2.24, 2.45) is 5.41 Å². The number of ether oxygens (including phenoxy) is 1. The molecule has 31 heavy (non-hydrogen) atoms. The predicted octanol–water partition coefficient (Wildman–Crippen LogP) is 3.73. The SMILES string of the molecule is CC#Cc1cc(C)c(C2C(=O)CC3(CCN(C(=O)CCOCC)CC3)CC2=O)c(C)c1. The molecule has 1 heterocycles. The van der Waals surface area contributed by atoms with Crippen LogP contribution in [0.15, 0.2) is 12.1 Å². The number of Topliss-reactive ketones (excluding diaryl/α,β-unsaturated/α-hetero) is 2. The number of nitrogens with zero attached hydrogens (tertiary/aromatic N) is 1. The number of benzene rings is 1. The van der Waals surface area contributed by atoms with Crippen LogP contribution in [0.5, 0.6) is 0 Å². The smallest absolute Gasteiger partial charge is 0.224 e. The first-order valence-electron chi connectivity index (χ1n) is 11.2. The van der Waals surface area contributed by atoms with Crippen LogP contribution in [0.4, 0.5) is 0 Å². The standard InChI is InChI=1S/C26H33NO4/c1-5-7-20-14-18(3)24(19(4)15-20)25-21(28)16-26(17-22(25)29)9-11-27(12-10-26)23(30)8-13-31-6-2/h14-15,25H,6,8-13,16-17H2,1-4H3. The lowest BCUT2D eigenvalue weighted by molar-refractivity contribution is -0.140. The lowest BCUT2D eigenvalue weighted by Gasteiger charge is -2.44. The number of aryl methyl sites for hydroxylation is 2. The number of carbonyl (C=O) groups is 3. The molecule has 5 heteroatoms. The summed E-state index contributed by atoms with van der Waals surface area (Å²) in [5.41, 5.74) is 3.38. The molecule has 0 bridgehead atoms. The maximum absolute atomic E-state index is 13.2. The Morgan fingerprint density at radius 1 is 1.13 bits per heavy atom. The van der Waals surface area contributed by atoms with E-state index >= 15 is 0 Å². The summed E-state index contributed by atoms with van der Waals surface area (Å²) >= 11 is 0. The van der Waals surface area contributed by atoms with E-state index in [0.717, 1.165) is 22.3 Å². The van der Waals surface area contributed by atoms with Crippen molar-refractivity contribution in [3.63, 3.8) is 0 Å². The van der Waals surface area contributed by atoms with Gasteiger partial charge >= 0.3 is 0 Å². The van der Waals surface area contributed by atoms with Gasteiger partial charge in [-0.1, -0.05) is 5.92 Å². The van der Waals surface area contributed by atoms with Gasteiger partial charge in [-0.3, -0.25) is 14.4 Å². The second-order valence-electron chi connectivity index (χ2n) is 8.95. The molecule has 0 unspecified atom stereocenters. The van der Waals surface area contributed by atoms with Crippen molar-refractivity contribution in [3.8, 4) is 11.8 Å². The summed E-state index contributed by atoms with van der Waals surface area (Å²) in [6, 6.07) is 3.94. The molecule has 166 valence electrons. The zero-order chi connectivity index (χ0) is 22.6. The summed E-state index contributed by atoms with van der Waals surface area (Å²) in [5.74, 6) is 5.43. The van der Waals surface area contributed by atoms with Gasteiger partial charge in [-0.25, -0.2) is 0 Å². The zero-order valence-corrected chi connectivity index (χ0v) is 19.2. The summed E-state index contributed by atoms with van der Waals surface area (Å²) in [6.07, 6.45) is 2.64. The van der Waals surface area contributed by atoms with Gasteiger partial charge < -0.3 is 9.64 Å². The molecule has 1 aromatic carbocycles. The number of rotatable bonds is 5. The fourth-order valence-electron chi connectivity index (χ4n) is 5.20. The van der Waals surface area contributed by atoms with Gasteiger partial charge in [0, 0.05) is 38.1 Å². The molecule has 1 saturated carbocycles. The van der Waals surface area contributed by atoms with Gasteiger partial charge in [-0.15, -0.1) is 5.92 Å². The molecule has 2 aliphatic rings. The van der Waals surface area contributed by atoms with Crippen LogP contribution in [0.2, 0.25) is 0 Å². The summed E-state index contributed by atoms with van der Waals surface area (Å²) in [7, 11) is 0. The van der Waals surface area contributed by atoms with Crippen LogP contribution in [0, 0.1) is 31.1 Å². The monoisotopic (exact) mass is 423 g/mol. The molecule has 0 N–H and O–H groups in total. The number of hydrogen-bond donors (Lipinski definition) is 0. The lowest BCUT2D eigenvalue weighted by atomic mass is 9.62. The van der Waals surface area contributed by atoms with Crippen molar-refractivity contribution < 1.29 is 19.1 Å². The van der Waals surface area contributed by atoms with E-state index in [1.165, 1.54) is 0 Å². The molecule has 3 rings (SSSR count). The van der Waals surface area contributed by atoms with Crippen LogP contribution >= 0.6 is 0 Å². The molecule has 5 nitrogen and oxygen atoms in total. The molecule has 1 spiro atoms. The maximum atomic E-state index is 13.2. The second kappa shape index (κ2) is 9.78. The topological polar surface area (TPSA) is 63.7 Å². The molecule has 1 aliphatic heterocycles. The molecule has 1 amide bonds. The first-order chi connectivity index (χ1) is 14.8. The molecule has 1 aliphatic carbocycles. The average molecular weight is 424 g/mol. The number of hydrogen-bond acceptors (Lipinski definition) is 4. The number of amides is 1. The summed E-state index contributed by atoms with van der Waals surface area (Å²) < 4.78 is 5.28. The molecule has 0 aromatic heterocycles. The van der Waals surface area contributed by atoms with Crippen LogP contribution in [0.1, 0.15) is 74.1 Å². The molecule has 0 atom stereocenters. The third-order valence-electron chi connectivity index (χ3n) is 6.74. The van der Waals surface area contributed by atoms with Crippen molar-refractivity contribution in [2.75, 3.05) is 26.3 Å². The Morgan fingerprint density at radius 3 is 2.23 bits per heavy atom. The minimum atomic E-state index is -0.667. The van der Waals surface area contributed by atoms with E-state index < -0.39 is 5.92 Å². The second-order valence-corrected chi connectivity index (χ2v) is 8.95. The van der Waals surface area contributed by atoms with Gasteiger partial charge in [0.1, 0.15) is 17.5 Å². The van der Waals surface area contributed by atoms with Crippen LogP contribution < -0.4 is 0 Å². The van der Waals surface area contributed by atoms with E-state index in [4.69, 9.17) is 4.74 Å². The van der Waals surface area contributed by atoms with Crippen molar-refractivity contribution in [1.82, 2.24) is 4.90 Å². The Kier molecular flexibility index (Phi) is 7.33. The fraction of sp³-hybridized carbons (Fsp3) is 0.577. The van der Waals surface area contributed by atoms with Crippen LogP contribution in [-0.4, -0.2) is 48.7 Å². The average Bonchev–Trinajstić information content (AvgIpc) is 2.70. The third-order valence-corrected chi connectivity index (χ3v) is 6.74. The molecule has 0 radical (unpaired) electrons. The van der Waals surface area contributed by atoms with E-state index in [2.05, 4.69) is 11.8 Å². The summed E-state index contributed by atoms with van der Waals surface area (Å²) in [5, 5.41) is 0. The van der Waals surface area contributed by atoms with Gasteiger partial charge in [0.25, 0.3) is 0 Å². The van der Waals surface area contributed by atoms with E-state index in [-0.39, 0.29) is 22.9 Å². The number of piperidine rings is 1. The Balaban J connectivity index is 1.70. The van der Waals surface area contributed by atoms with Crippen molar-refractivity contribution in [3.05, 3.63) is 34.4 Å². The normalized spacial score (nSPS) is 18.8. The van der Waals surface area contributed by atoms with E-state index in [1.54, 1.807) is 6.92 Å². The largest absolute Gasteiger partial charge is 0.381 e. The maximum Gasteiger partial charge on any atom is 0.224 e.